The van der Waals surface area contributed by atoms with E-state index in [0.717, 1.165) is 38.7 Å². The van der Waals surface area contributed by atoms with Crippen molar-refractivity contribution in [1.29, 1.82) is 0 Å². The number of nitrogens with two attached hydrogens (primary N) is 1. The molecule has 2 rings (SSSR count). The fourth-order valence-electron chi connectivity index (χ4n) is 3.34. The third kappa shape index (κ3) is 6.13. The number of amides is 1. The summed E-state index contributed by atoms with van der Waals surface area (Å²) in [6.45, 7) is 1.44. The number of ether oxygens (including phenoxy) is 1. The molecule has 0 saturated heterocycles. The summed E-state index contributed by atoms with van der Waals surface area (Å²) in [5, 5.41) is 2.99. The highest BCUT2D eigenvalue weighted by atomic mass is 35.5. The summed E-state index contributed by atoms with van der Waals surface area (Å²) in [5.74, 6) is 0.0369. The largest absolute Gasteiger partial charge is 0.378 e. The fraction of sp³-hybridized carbons (Fsp3) is 0.938. The molecule has 2 aliphatic carbocycles. The van der Waals surface area contributed by atoms with Crippen LogP contribution in [-0.2, 0) is 9.53 Å². The minimum atomic E-state index is -0.609. The van der Waals surface area contributed by atoms with E-state index in [9.17, 15) is 4.79 Å². The van der Waals surface area contributed by atoms with Gasteiger partial charge in [-0.15, -0.1) is 12.4 Å². The molecule has 0 radical (unpaired) electrons. The van der Waals surface area contributed by atoms with Crippen LogP contribution in [0.3, 0.4) is 0 Å². The van der Waals surface area contributed by atoms with E-state index in [2.05, 4.69) is 5.32 Å². The van der Waals surface area contributed by atoms with Gasteiger partial charge in [-0.1, -0.05) is 38.5 Å². The number of rotatable bonds is 6. The zero-order valence-corrected chi connectivity index (χ0v) is 13.9. The van der Waals surface area contributed by atoms with E-state index in [4.69, 9.17) is 10.5 Å². The van der Waals surface area contributed by atoms with Gasteiger partial charge >= 0.3 is 0 Å². The predicted octanol–water partition coefficient (Wildman–Crippen LogP) is 2.93. The van der Waals surface area contributed by atoms with Crippen LogP contribution in [0.15, 0.2) is 0 Å². The second kappa shape index (κ2) is 9.65. The number of halogens is 1. The van der Waals surface area contributed by atoms with Gasteiger partial charge in [-0.3, -0.25) is 4.79 Å². The molecular weight excluding hydrogens is 288 g/mol. The number of carbonyl (C=O) groups is 1. The van der Waals surface area contributed by atoms with E-state index in [0.29, 0.717) is 12.6 Å². The lowest BCUT2D eigenvalue weighted by molar-refractivity contribution is -0.127. The first-order valence-electron chi connectivity index (χ1n) is 8.39. The Hall–Kier alpha value is -0.320. The molecule has 2 aliphatic rings. The lowest BCUT2D eigenvalue weighted by Crippen LogP contribution is -2.55. The average Bonchev–Trinajstić information content (AvgIpc) is 2.48. The molecule has 124 valence electrons. The third-order valence-corrected chi connectivity index (χ3v) is 4.71. The zero-order chi connectivity index (χ0) is 14.3. The van der Waals surface area contributed by atoms with Crippen molar-refractivity contribution >= 4 is 18.3 Å². The van der Waals surface area contributed by atoms with Crippen LogP contribution in [0.1, 0.15) is 70.6 Å². The van der Waals surface area contributed by atoms with Crippen LogP contribution in [0.5, 0.6) is 0 Å². The van der Waals surface area contributed by atoms with E-state index < -0.39 is 5.54 Å². The summed E-state index contributed by atoms with van der Waals surface area (Å²) >= 11 is 0. The smallest absolute Gasteiger partial charge is 0.240 e. The Morgan fingerprint density at radius 1 is 1.10 bits per heavy atom. The summed E-state index contributed by atoms with van der Waals surface area (Å²) in [6, 6.07) is 0. The quantitative estimate of drug-likeness (QED) is 0.740. The maximum Gasteiger partial charge on any atom is 0.240 e. The lowest BCUT2D eigenvalue weighted by Gasteiger charge is -2.31. The van der Waals surface area contributed by atoms with Crippen molar-refractivity contribution in [2.45, 2.75) is 82.3 Å². The molecule has 0 heterocycles. The Morgan fingerprint density at radius 3 is 2.38 bits per heavy atom. The molecule has 0 aromatic carbocycles. The van der Waals surface area contributed by atoms with Gasteiger partial charge in [0.25, 0.3) is 0 Å². The van der Waals surface area contributed by atoms with Gasteiger partial charge in [-0.2, -0.15) is 0 Å². The summed E-state index contributed by atoms with van der Waals surface area (Å²) in [5.41, 5.74) is 5.58. The van der Waals surface area contributed by atoms with Gasteiger partial charge in [0, 0.05) is 13.2 Å². The van der Waals surface area contributed by atoms with E-state index in [1.54, 1.807) is 0 Å². The Morgan fingerprint density at radius 2 is 1.71 bits per heavy atom. The van der Waals surface area contributed by atoms with E-state index in [1.165, 1.54) is 38.5 Å². The van der Waals surface area contributed by atoms with E-state index in [-0.39, 0.29) is 18.3 Å². The van der Waals surface area contributed by atoms with Crippen LogP contribution in [-0.4, -0.2) is 30.7 Å². The molecule has 0 spiro atoms. The number of hydrogen-bond acceptors (Lipinski definition) is 3. The summed E-state index contributed by atoms with van der Waals surface area (Å²) in [4.78, 5) is 12.1. The monoisotopic (exact) mass is 318 g/mol. The first kappa shape index (κ1) is 18.7. The van der Waals surface area contributed by atoms with Gasteiger partial charge in [-0.25, -0.2) is 0 Å². The molecule has 2 fully saturated rings. The van der Waals surface area contributed by atoms with Crippen molar-refractivity contribution in [2.24, 2.45) is 5.73 Å². The predicted molar refractivity (Wildman–Crippen MR) is 87.7 cm³/mol. The summed E-state index contributed by atoms with van der Waals surface area (Å²) in [6.07, 6.45) is 12.7. The molecule has 21 heavy (non-hydrogen) atoms. The first-order valence-corrected chi connectivity index (χ1v) is 8.39. The standard InChI is InChI=1S/C16H30N2O2.ClH/c17-16(10-5-2-6-11-16)15(19)18-12-7-13-20-14-8-3-1-4-9-14;/h14H,1-13,17H2,(H,18,19);1H. The van der Waals surface area contributed by atoms with Crippen molar-refractivity contribution in [2.75, 3.05) is 13.2 Å². The van der Waals surface area contributed by atoms with Gasteiger partial charge in [0.2, 0.25) is 5.91 Å². The van der Waals surface area contributed by atoms with Crippen LogP contribution < -0.4 is 11.1 Å². The maximum absolute atomic E-state index is 12.1. The van der Waals surface area contributed by atoms with Gasteiger partial charge < -0.3 is 15.8 Å². The van der Waals surface area contributed by atoms with Gasteiger partial charge in [-0.05, 0) is 32.1 Å². The zero-order valence-electron chi connectivity index (χ0n) is 13.1. The molecule has 0 bridgehead atoms. The minimum Gasteiger partial charge on any atom is -0.378 e. The Kier molecular flexibility index (Phi) is 8.60. The Balaban J connectivity index is 0.00000220. The molecule has 0 aromatic heterocycles. The highest BCUT2D eigenvalue weighted by Crippen LogP contribution is 2.26. The second-order valence-corrected chi connectivity index (χ2v) is 6.46. The molecule has 2 saturated carbocycles. The van der Waals surface area contributed by atoms with Gasteiger partial charge in [0.05, 0.1) is 11.6 Å². The van der Waals surface area contributed by atoms with Crippen molar-refractivity contribution in [3.63, 3.8) is 0 Å². The molecule has 3 N–H and O–H groups in total. The molecule has 0 atom stereocenters. The maximum atomic E-state index is 12.1. The van der Waals surface area contributed by atoms with E-state index >= 15 is 0 Å². The van der Waals surface area contributed by atoms with Crippen molar-refractivity contribution in [1.82, 2.24) is 5.32 Å². The SMILES string of the molecule is Cl.NC1(C(=O)NCCCOC2CCCCC2)CCCCC1. The highest BCUT2D eigenvalue weighted by Gasteiger charge is 2.34. The minimum absolute atomic E-state index is 0. The molecule has 1 amide bonds. The topological polar surface area (TPSA) is 64.4 Å². The van der Waals surface area contributed by atoms with Gasteiger partial charge in [0.15, 0.2) is 0 Å². The third-order valence-electron chi connectivity index (χ3n) is 4.71. The fourth-order valence-corrected chi connectivity index (χ4v) is 3.34. The van der Waals surface area contributed by atoms with Crippen LogP contribution in [0, 0.1) is 0 Å². The number of hydrogen-bond donors (Lipinski definition) is 2. The molecule has 0 aromatic rings. The number of nitrogens with one attached hydrogen (secondary N) is 1. The summed E-state index contributed by atoms with van der Waals surface area (Å²) in [7, 11) is 0. The second-order valence-electron chi connectivity index (χ2n) is 6.46. The van der Waals surface area contributed by atoms with E-state index in [1.807, 2.05) is 0 Å². The van der Waals surface area contributed by atoms with Gasteiger partial charge in [0.1, 0.15) is 0 Å². The number of carbonyl (C=O) groups excluding carboxylic acids is 1. The van der Waals surface area contributed by atoms with Crippen LogP contribution >= 0.6 is 12.4 Å². The summed E-state index contributed by atoms with van der Waals surface area (Å²) < 4.78 is 5.85. The lowest BCUT2D eigenvalue weighted by atomic mass is 9.82. The Bertz CT molecular complexity index is 301. The van der Waals surface area contributed by atoms with Crippen LogP contribution in [0.2, 0.25) is 0 Å². The van der Waals surface area contributed by atoms with Crippen LogP contribution in [0.4, 0.5) is 0 Å². The van der Waals surface area contributed by atoms with Crippen molar-refractivity contribution in [3.05, 3.63) is 0 Å². The molecular formula is C16H31ClN2O2. The molecule has 0 unspecified atom stereocenters. The van der Waals surface area contributed by atoms with Crippen molar-refractivity contribution in [3.8, 4) is 0 Å². The average molecular weight is 319 g/mol. The Labute approximate surface area is 135 Å². The highest BCUT2D eigenvalue weighted by molar-refractivity contribution is 5.86. The van der Waals surface area contributed by atoms with Crippen molar-refractivity contribution < 1.29 is 9.53 Å². The molecule has 5 heteroatoms. The normalized spacial score (nSPS) is 22.3. The van der Waals surface area contributed by atoms with Crippen LogP contribution in [0.25, 0.3) is 0 Å². The molecule has 4 nitrogen and oxygen atoms in total. The first-order chi connectivity index (χ1) is 9.71. The molecule has 0 aliphatic heterocycles.